The Hall–Kier alpha value is -2.92. The number of nitrogens with zero attached hydrogens (tertiary/aromatic N) is 2. The summed E-state index contributed by atoms with van der Waals surface area (Å²) in [7, 11) is 0. The summed E-state index contributed by atoms with van der Waals surface area (Å²) in [4.78, 5) is 24.2. The molecule has 0 aliphatic carbocycles. The van der Waals surface area contributed by atoms with E-state index in [1.165, 1.54) is 5.56 Å². The molecule has 5 nitrogen and oxygen atoms in total. The second-order valence-corrected chi connectivity index (χ2v) is 7.52. The molecular weight excluding hydrogens is 348 g/mol. The monoisotopic (exact) mass is 375 g/mol. The van der Waals surface area contributed by atoms with Crippen molar-refractivity contribution in [3.05, 3.63) is 93.4 Å². The minimum Gasteiger partial charge on any atom is -0.331 e. The molecule has 0 radical (unpaired) electrons. The molecule has 1 aliphatic heterocycles. The Morgan fingerprint density at radius 3 is 2.18 bits per heavy atom. The van der Waals surface area contributed by atoms with Gasteiger partial charge >= 0.3 is 0 Å². The van der Waals surface area contributed by atoms with Gasteiger partial charge in [-0.1, -0.05) is 60.7 Å². The van der Waals surface area contributed by atoms with Crippen LogP contribution in [0, 0.1) is 6.92 Å². The number of nitrogens with one attached hydrogen (secondary N) is 2. The van der Waals surface area contributed by atoms with Gasteiger partial charge in [-0.2, -0.15) is 0 Å². The highest BCUT2D eigenvalue weighted by Gasteiger charge is 2.22. The molecule has 3 aromatic rings. The number of H-pyrrole nitrogens is 1. The van der Waals surface area contributed by atoms with Crippen LogP contribution in [0.3, 0.4) is 0 Å². The summed E-state index contributed by atoms with van der Waals surface area (Å²) < 4.78 is 0. The van der Waals surface area contributed by atoms with Gasteiger partial charge in [0, 0.05) is 17.5 Å². The number of hydrogen-bond acceptors (Lipinski definition) is 3. The topological polar surface area (TPSA) is 53.4 Å². The van der Waals surface area contributed by atoms with Crippen molar-refractivity contribution in [2.75, 3.05) is 31.1 Å². The number of hydrogen-bond donors (Lipinski definition) is 2. The van der Waals surface area contributed by atoms with E-state index in [0.717, 1.165) is 49.5 Å². The molecule has 1 saturated heterocycles. The fraction of sp³-hybridized carbons (Fsp3) is 0.304. The van der Waals surface area contributed by atoms with Crippen molar-refractivity contribution in [2.45, 2.75) is 19.9 Å². The number of anilines is 1. The largest absolute Gasteiger partial charge is 0.331 e. The summed E-state index contributed by atoms with van der Waals surface area (Å²) in [5, 5.41) is 0. The molecule has 0 amide bonds. The Kier molecular flexibility index (Phi) is 5.53. The van der Waals surface area contributed by atoms with Crippen LogP contribution in [0.5, 0.6) is 0 Å². The summed E-state index contributed by atoms with van der Waals surface area (Å²) in [6.07, 6.45) is 0.615. The predicted molar refractivity (Wildman–Crippen MR) is 112 cm³/mol. The number of benzene rings is 2. The average Bonchev–Trinajstić information content (AvgIpc) is 2.73. The first-order valence-electron chi connectivity index (χ1n) is 9.95. The van der Waals surface area contributed by atoms with E-state index in [9.17, 15) is 4.79 Å². The smallest absolute Gasteiger partial charge is 0.256 e. The minimum absolute atomic E-state index is 0.0228. The van der Waals surface area contributed by atoms with Gasteiger partial charge in [0.2, 0.25) is 5.95 Å². The van der Waals surface area contributed by atoms with Crippen LogP contribution in [0.15, 0.2) is 65.5 Å². The van der Waals surface area contributed by atoms with Gasteiger partial charge in [-0.15, -0.1) is 0 Å². The molecular formula is C23H27N4O+. The van der Waals surface area contributed by atoms with Crippen molar-refractivity contribution in [3.8, 4) is 0 Å². The first-order chi connectivity index (χ1) is 13.7. The molecule has 5 heteroatoms. The molecule has 4 rings (SSSR count). The van der Waals surface area contributed by atoms with Crippen LogP contribution in [0.2, 0.25) is 0 Å². The van der Waals surface area contributed by atoms with E-state index in [-0.39, 0.29) is 5.56 Å². The third-order valence-electron chi connectivity index (χ3n) is 5.50. The lowest BCUT2D eigenvalue weighted by Crippen LogP contribution is -3.13. The van der Waals surface area contributed by atoms with Gasteiger partial charge in [-0.05, 0) is 12.5 Å². The summed E-state index contributed by atoms with van der Waals surface area (Å²) in [6, 6.07) is 20.7. The predicted octanol–water partition coefficient (Wildman–Crippen LogP) is 1.57. The molecule has 0 unspecified atom stereocenters. The fourth-order valence-electron chi connectivity index (χ4n) is 3.85. The number of quaternary nitrogens is 1. The SMILES string of the molecule is Cc1nc(N2CC[NH+](Cc3ccccc3)CC2)[nH]c(=O)c1Cc1ccccc1. The molecule has 0 bridgehead atoms. The van der Waals surface area contributed by atoms with Crippen molar-refractivity contribution < 1.29 is 4.90 Å². The molecule has 1 aliphatic rings. The highest BCUT2D eigenvalue weighted by atomic mass is 16.1. The minimum atomic E-state index is -0.0228. The zero-order valence-corrected chi connectivity index (χ0v) is 16.3. The molecule has 2 N–H and O–H groups in total. The number of piperazine rings is 1. The molecule has 28 heavy (non-hydrogen) atoms. The van der Waals surface area contributed by atoms with Gasteiger partial charge in [0.1, 0.15) is 6.54 Å². The van der Waals surface area contributed by atoms with Gasteiger partial charge in [-0.3, -0.25) is 9.78 Å². The molecule has 0 atom stereocenters. The lowest BCUT2D eigenvalue weighted by Gasteiger charge is -2.32. The summed E-state index contributed by atoms with van der Waals surface area (Å²) in [5.74, 6) is 0.707. The third-order valence-corrected chi connectivity index (χ3v) is 5.50. The fourth-order valence-corrected chi connectivity index (χ4v) is 3.85. The van der Waals surface area contributed by atoms with Gasteiger partial charge < -0.3 is 9.80 Å². The van der Waals surface area contributed by atoms with Crippen LogP contribution in [0.25, 0.3) is 0 Å². The van der Waals surface area contributed by atoms with E-state index < -0.39 is 0 Å². The van der Waals surface area contributed by atoms with Crippen LogP contribution in [0.4, 0.5) is 5.95 Å². The first kappa shape index (κ1) is 18.4. The van der Waals surface area contributed by atoms with Crippen LogP contribution in [-0.4, -0.2) is 36.1 Å². The van der Waals surface area contributed by atoms with Gasteiger partial charge in [0.15, 0.2) is 0 Å². The number of aryl methyl sites for hydroxylation is 1. The Morgan fingerprint density at radius 1 is 0.964 bits per heavy atom. The average molecular weight is 375 g/mol. The van der Waals surface area contributed by atoms with Gasteiger partial charge in [0.25, 0.3) is 5.56 Å². The molecule has 0 spiro atoms. The van der Waals surface area contributed by atoms with Crippen molar-refractivity contribution in [1.82, 2.24) is 9.97 Å². The van der Waals surface area contributed by atoms with Crippen molar-refractivity contribution in [1.29, 1.82) is 0 Å². The van der Waals surface area contributed by atoms with E-state index in [0.29, 0.717) is 12.4 Å². The summed E-state index contributed by atoms with van der Waals surface area (Å²) >= 11 is 0. The van der Waals surface area contributed by atoms with Gasteiger partial charge in [-0.25, -0.2) is 4.98 Å². The molecule has 1 fully saturated rings. The second kappa shape index (κ2) is 8.40. The van der Waals surface area contributed by atoms with Crippen molar-refractivity contribution in [3.63, 3.8) is 0 Å². The standard InChI is InChI=1S/C23H26N4O/c1-18-21(16-19-8-4-2-5-9-19)22(28)25-23(24-18)27-14-12-26(13-15-27)17-20-10-6-3-7-11-20/h2-11H,12-17H2,1H3,(H,24,25,28)/p+1. The maximum absolute atomic E-state index is 12.7. The number of rotatable bonds is 5. The Balaban J connectivity index is 1.42. The summed E-state index contributed by atoms with van der Waals surface area (Å²) in [6.45, 7) is 6.89. The van der Waals surface area contributed by atoms with Crippen molar-refractivity contribution in [2.24, 2.45) is 0 Å². The van der Waals surface area contributed by atoms with E-state index in [2.05, 4.69) is 40.2 Å². The highest BCUT2D eigenvalue weighted by molar-refractivity contribution is 5.35. The van der Waals surface area contributed by atoms with Gasteiger partial charge in [0.05, 0.1) is 31.9 Å². The summed E-state index contributed by atoms with van der Waals surface area (Å²) in [5.41, 5.74) is 4.05. The maximum atomic E-state index is 12.7. The second-order valence-electron chi connectivity index (χ2n) is 7.52. The molecule has 0 saturated carbocycles. The molecule has 144 valence electrons. The molecule has 1 aromatic heterocycles. The Labute approximate surface area is 165 Å². The first-order valence-corrected chi connectivity index (χ1v) is 9.95. The quantitative estimate of drug-likeness (QED) is 0.712. The van der Waals surface area contributed by atoms with E-state index in [4.69, 9.17) is 4.98 Å². The lowest BCUT2D eigenvalue weighted by atomic mass is 10.1. The number of aromatic nitrogens is 2. The molecule has 2 aromatic carbocycles. The molecule has 2 heterocycles. The Morgan fingerprint density at radius 2 is 1.57 bits per heavy atom. The lowest BCUT2D eigenvalue weighted by molar-refractivity contribution is -0.914. The normalized spacial score (nSPS) is 15.0. The van der Waals surface area contributed by atoms with Crippen LogP contribution < -0.4 is 15.4 Å². The van der Waals surface area contributed by atoms with Crippen LogP contribution >= 0.6 is 0 Å². The maximum Gasteiger partial charge on any atom is 0.256 e. The van der Waals surface area contributed by atoms with E-state index in [1.54, 1.807) is 4.90 Å². The Bertz CT molecular complexity index is 961. The third kappa shape index (κ3) is 4.31. The highest BCUT2D eigenvalue weighted by Crippen LogP contribution is 2.12. The van der Waals surface area contributed by atoms with E-state index >= 15 is 0 Å². The zero-order chi connectivity index (χ0) is 19.3. The van der Waals surface area contributed by atoms with Crippen LogP contribution in [0.1, 0.15) is 22.4 Å². The van der Waals surface area contributed by atoms with E-state index in [1.807, 2.05) is 37.3 Å². The number of aromatic amines is 1. The van der Waals surface area contributed by atoms with Crippen molar-refractivity contribution >= 4 is 5.95 Å². The zero-order valence-electron chi connectivity index (χ0n) is 16.3. The van der Waals surface area contributed by atoms with Crippen LogP contribution in [-0.2, 0) is 13.0 Å².